The van der Waals surface area contributed by atoms with E-state index in [2.05, 4.69) is 4.98 Å². The smallest absolute Gasteiger partial charge is 0.137 e. The minimum atomic E-state index is 0.411. The summed E-state index contributed by atoms with van der Waals surface area (Å²) in [5, 5.41) is 1.00. The zero-order valence-corrected chi connectivity index (χ0v) is 6.51. The van der Waals surface area contributed by atoms with Crippen LogP contribution in [0.2, 0.25) is 0 Å². The molecule has 2 rings (SSSR count). The van der Waals surface area contributed by atoms with E-state index in [1.165, 1.54) is 0 Å². The van der Waals surface area contributed by atoms with Gasteiger partial charge in [0.15, 0.2) is 0 Å². The highest BCUT2D eigenvalue weighted by molar-refractivity contribution is 6.17. The Bertz CT molecular complexity index is 336. The molecule has 0 aliphatic carbocycles. The van der Waals surface area contributed by atoms with Gasteiger partial charge in [-0.1, -0.05) is 0 Å². The van der Waals surface area contributed by atoms with Crippen molar-refractivity contribution in [1.82, 2.24) is 4.98 Å². The van der Waals surface area contributed by atoms with Gasteiger partial charge in [0.25, 0.3) is 0 Å². The van der Waals surface area contributed by atoms with E-state index in [4.69, 9.17) is 16.0 Å². The number of halogens is 1. The SMILES string of the molecule is ClCc1cc2cnccc2o1. The van der Waals surface area contributed by atoms with Crippen LogP contribution in [0.3, 0.4) is 0 Å². The van der Waals surface area contributed by atoms with Crippen LogP contribution >= 0.6 is 11.6 Å². The van der Waals surface area contributed by atoms with Crippen molar-refractivity contribution >= 4 is 22.6 Å². The Morgan fingerprint density at radius 3 is 3.18 bits per heavy atom. The summed E-state index contributed by atoms with van der Waals surface area (Å²) in [5.41, 5.74) is 0.843. The molecule has 2 nitrogen and oxygen atoms in total. The predicted octanol–water partition coefficient (Wildman–Crippen LogP) is 2.57. The third-order valence-electron chi connectivity index (χ3n) is 1.50. The number of rotatable bonds is 1. The molecular formula is C8H6ClNO. The maximum absolute atomic E-state index is 5.58. The first-order valence-corrected chi connectivity index (χ1v) is 3.82. The van der Waals surface area contributed by atoms with E-state index in [0.29, 0.717) is 5.88 Å². The zero-order valence-electron chi connectivity index (χ0n) is 5.75. The molecule has 0 N–H and O–H groups in total. The molecule has 3 heteroatoms. The van der Waals surface area contributed by atoms with E-state index >= 15 is 0 Å². The lowest BCUT2D eigenvalue weighted by Gasteiger charge is -1.82. The van der Waals surface area contributed by atoms with Gasteiger partial charge in [0.05, 0.1) is 5.88 Å². The Morgan fingerprint density at radius 2 is 2.45 bits per heavy atom. The fraction of sp³-hybridized carbons (Fsp3) is 0.125. The molecule has 0 saturated heterocycles. The van der Waals surface area contributed by atoms with Crippen molar-refractivity contribution in [3.63, 3.8) is 0 Å². The molecule has 0 bridgehead atoms. The predicted molar refractivity (Wildman–Crippen MR) is 43.6 cm³/mol. The van der Waals surface area contributed by atoms with Crippen molar-refractivity contribution in [3.8, 4) is 0 Å². The first-order valence-electron chi connectivity index (χ1n) is 3.28. The lowest BCUT2D eigenvalue weighted by atomic mass is 10.3. The fourth-order valence-corrected chi connectivity index (χ4v) is 1.14. The van der Waals surface area contributed by atoms with Gasteiger partial charge in [-0.25, -0.2) is 0 Å². The minimum absolute atomic E-state index is 0.411. The standard InChI is InChI=1S/C8H6ClNO/c9-4-7-3-6-5-10-2-1-8(6)11-7/h1-3,5H,4H2. The summed E-state index contributed by atoms with van der Waals surface area (Å²) in [5.74, 6) is 1.20. The topological polar surface area (TPSA) is 26.0 Å². The number of hydrogen-bond acceptors (Lipinski definition) is 2. The van der Waals surface area contributed by atoms with Crippen molar-refractivity contribution < 1.29 is 4.42 Å². The molecule has 0 unspecified atom stereocenters. The maximum Gasteiger partial charge on any atom is 0.137 e. The van der Waals surface area contributed by atoms with Gasteiger partial charge in [0.1, 0.15) is 11.3 Å². The summed E-state index contributed by atoms with van der Waals surface area (Å²) in [7, 11) is 0. The van der Waals surface area contributed by atoms with Crippen LogP contribution in [0.1, 0.15) is 5.76 Å². The molecule has 56 valence electrons. The quantitative estimate of drug-likeness (QED) is 0.611. The van der Waals surface area contributed by atoms with Gasteiger partial charge < -0.3 is 4.42 Å². The van der Waals surface area contributed by atoms with E-state index in [0.717, 1.165) is 16.7 Å². The number of alkyl halides is 1. The molecule has 0 spiro atoms. The third kappa shape index (κ3) is 1.10. The van der Waals surface area contributed by atoms with Crippen LogP contribution in [0, 0.1) is 0 Å². The van der Waals surface area contributed by atoms with Crippen LogP contribution < -0.4 is 0 Å². The highest BCUT2D eigenvalue weighted by atomic mass is 35.5. The second-order valence-electron chi connectivity index (χ2n) is 2.26. The normalized spacial score (nSPS) is 10.6. The van der Waals surface area contributed by atoms with E-state index < -0.39 is 0 Å². The molecule has 0 atom stereocenters. The number of furan rings is 1. The zero-order chi connectivity index (χ0) is 7.68. The molecule has 2 heterocycles. The van der Waals surface area contributed by atoms with Crippen LogP contribution in [0.25, 0.3) is 11.0 Å². The van der Waals surface area contributed by atoms with Crippen LogP contribution in [-0.2, 0) is 5.88 Å². The lowest BCUT2D eigenvalue weighted by Crippen LogP contribution is -1.65. The first-order chi connectivity index (χ1) is 5.40. The van der Waals surface area contributed by atoms with Gasteiger partial charge in [-0.2, -0.15) is 0 Å². The van der Waals surface area contributed by atoms with Gasteiger partial charge in [0, 0.05) is 17.8 Å². The highest BCUT2D eigenvalue weighted by Gasteiger charge is 2.00. The number of hydrogen-bond donors (Lipinski definition) is 0. The molecule has 0 aliphatic heterocycles. The number of pyridine rings is 1. The molecule has 0 radical (unpaired) electrons. The Kier molecular flexibility index (Phi) is 1.55. The molecular weight excluding hydrogens is 162 g/mol. The summed E-state index contributed by atoms with van der Waals surface area (Å²) in [4.78, 5) is 3.96. The van der Waals surface area contributed by atoms with Crippen LogP contribution in [0.15, 0.2) is 28.9 Å². The Morgan fingerprint density at radius 1 is 1.55 bits per heavy atom. The maximum atomic E-state index is 5.58. The molecule has 0 aliphatic rings. The summed E-state index contributed by atoms with van der Waals surface area (Å²) < 4.78 is 5.35. The second kappa shape index (κ2) is 2.55. The molecule has 0 aromatic carbocycles. The number of nitrogens with zero attached hydrogens (tertiary/aromatic N) is 1. The van der Waals surface area contributed by atoms with Crippen molar-refractivity contribution in [2.24, 2.45) is 0 Å². The summed E-state index contributed by atoms with van der Waals surface area (Å²) in [6.07, 6.45) is 3.46. The molecule has 0 fully saturated rings. The Balaban J connectivity index is 2.69. The molecule has 0 amide bonds. The second-order valence-corrected chi connectivity index (χ2v) is 2.53. The van der Waals surface area contributed by atoms with Crippen LogP contribution in [0.4, 0.5) is 0 Å². The van der Waals surface area contributed by atoms with Gasteiger partial charge in [-0.05, 0) is 12.1 Å². The van der Waals surface area contributed by atoms with Crippen molar-refractivity contribution in [2.45, 2.75) is 5.88 Å². The minimum Gasteiger partial charge on any atom is -0.460 e. The van der Waals surface area contributed by atoms with Gasteiger partial charge >= 0.3 is 0 Å². The largest absolute Gasteiger partial charge is 0.460 e. The average Bonchev–Trinajstić information content (AvgIpc) is 2.46. The lowest BCUT2D eigenvalue weighted by molar-refractivity contribution is 0.572. The number of aromatic nitrogens is 1. The van der Waals surface area contributed by atoms with Crippen molar-refractivity contribution in [3.05, 3.63) is 30.3 Å². The van der Waals surface area contributed by atoms with Gasteiger partial charge in [-0.15, -0.1) is 11.6 Å². The highest BCUT2D eigenvalue weighted by Crippen LogP contribution is 2.18. The van der Waals surface area contributed by atoms with Crippen LogP contribution in [0.5, 0.6) is 0 Å². The van der Waals surface area contributed by atoms with E-state index in [-0.39, 0.29) is 0 Å². The molecule has 2 aromatic heterocycles. The molecule has 2 aromatic rings. The summed E-state index contributed by atoms with van der Waals surface area (Å²) in [6.45, 7) is 0. The third-order valence-corrected chi connectivity index (χ3v) is 1.76. The van der Waals surface area contributed by atoms with E-state index in [1.54, 1.807) is 12.4 Å². The molecule has 11 heavy (non-hydrogen) atoms. The van der Waals surface area contributed by atoms with E-state index in [9.17, 15) is 0 Å². The van der Waals surface area contributed by atoms with E-state index in [1.807, 2.05) is 12.1 Å². The summed E-state index contributed by atoms with van der Waals surface area (Å²) in [6, 6.07) is 3.72. The number of fused-ring (bicyclic) bond motifs is 1. The Labute approximate surface area is 68.8 Å². The van der Waals surface area contributed by atoms with Gasteiger partial charge in [-0.3, -0.25) is 4.98 Å². The molecule has 0 saturated carbocycles. The Hall–Kier alpha value is -1.02. The summed E-state index contributed by atoms with van der Waals surface area (Å²) >= 11 is 5.58. The monoisotopic (exact) mass is 167 g/mol. The fourth-order valence-electron chi connectivity index (χ4n) is 1.01. The van der Waals surface area contributed by atoms with Gasteiger partial charge in [0.2, 0.25) is 0 Å². The average molecular weight is 168 g/mol. The van der Waals surface area contributed by atoms with Crippen molar-refractivity contribution in [1.29, 1.82) is 0 Å². The first kappa shape index (κ1) is 6.68. The van der Waals surface area contributed by atoms with Crippen LogP contribution in [-0.4, -0.2) is 4.98 Å². The van der Waals surface area contributed by atoms with Crippen molar-refractivity contribution in [2.75, 3.05) is 0 Å².